The van der Waals surface area contributed by atoms with Gasteiger partial charge in [0.05, 0.1) is 0 Å². The van der Waals surface area contributed by atoms with Gasteiger partial charge in [0.25, 0.3) is 0 Å². The molecule has 5 heteroatoms. The van der Waals surface area contributed by atoms with Crippen molar-refractivity contribution in [2.75, 3.05) is 0 Å². The lowest BCUT2D eigenvalue weighted by Crippen LogP contribution is -2.69. The van der Waals surface area contributed by atoms with Gasteiger partial charge < -0.3 is 10.6 Å². The molecule has 1 fully saturated rings. The molecule has 0 aromatic carbocycles. The summed E-state index contributed by atoms with van der Waals surface area (Å²) in [5, 5.41) is 7.12. The van der Waals surface area contributed by atoms with E-state index in [0.29, 0.717) is 6.42 Å². The maximum absolute atomic E-state index is 11.0. The summed E-state index contributed by atoms with van der Waals surface area (Å²) in [6.45, 7) is 7.07. The Labute approximate surface area is 75.9 Å². The molecule has 0 atom stereocenters. The molecule has 1 rings (SSSR count). The van der Waals surface area contributed by atoms with Gasteiger partial charge >= 0.3 is 12.1 Å². The topological polar surface area (TPSA) is 70.2 Å². The maximum Gasteiger partial charge on any atom is 0.324 e. The van der Waals surface area contributed by atoms with Gasteiger partial charge in [-0.3, -0.25) is 5.32 Å². The van der Waals surface area contributed by atoms with Gasteiger partial charge in [-0.15, -0.1) is 6.58 Å². The Hall–Kier alpha value is -1.78. The molecule has 1 heterocycles. The zero-order valence-corrected chi connectivity index (χ0v) is 7.09. The Balaban J connectivity index is 2.84. The number of hydrogen-bond donors (Lipinski definition) is 3. The second-order valence-electron chi connectivity index (χ2n) is 2.70. The molecule has 0 radical (unpaired) electrons. The third-order valence-corrected chi connectivity index (χ3v) is 1.72. The number of carbonyl (C=O) groups is 2. The van der Waals surface area contributed by atoms with Crippen molar-refractivity contribution in [3.05, 3.63) is 25.3 Å². The molecule has 1 aliphatic heterocycles. The van der Waals surface area contributed by atoms with Crippen molar-refractivity contribution in [3.8, 4) is 0 Å². The molecule has 0 spiro atoms. The first kappa shape index (κ1) is 9.31. The van der Waals surface area contributed by atoms with Crippen LogP contribution in [0.25, 0.3) is 0 Å². The molecule has 0 bridgehead atoms. The van der Waals surface area contributed by atoms with Crippen LogP contribution in [0.3, 0.4) is 0 Å². The Kier molecular flexibility index (Phi) is 2.36. The predicted molar refractivity (Wildman–Crippen MR) is 47.9 cm³/mol. The first-order valence-corrected chi connectivity index (χ1v) is 3.78. The molecular formula is C8H11N3O2. The second kappa shape index (κ2) is 3.30. The maximum atomic E-state index is 11.0. The average Bonchev–Trinajstić information content (AvgIpc) is 2.03. The van der Waals surface area contributed by atoms with Crippen LogP contribution in [0.1, 0.15) is 6.42 Å². The van der Waals surface area contributed by atoms with Gasteiger partial charge in [-0.25, -0.2) is 9.59 Å². The number of nitrogens with one attached hydrogen (secondary N) is 3. The molecule has 0 saturated carbocycles. The highest BCUT2D eigenvalue weighted by molar-refractivity contribution is 5.96. The predicted octanol–water partition coefficient (Wildman–Crippen LogP) is 0.467. The van der Waals surface area contributed by atoms with Gasteiger partial charge in [0.1, 0.15) is 5.66 Å². The summed E-state index contributed by atoms with van der Waals surface area (Å²) in [4.78, 5) is 21.9. The standard InChI is InChI=1S/C8H11N3O2/c1-3-5-8(4-2)10-6(12)9-7(13)11-8/h3-4H,1-2,5H2,(H3,9,10,11,12,13). The number of carbonyl (C=O) groups excluding carboxylic acids is 2. The highest BCUT2D eigenvalue weighted by Gasteiger charge is 2.33. The van der Waals surface area contributed by atoms with Crippen LogP contribution < -0.4 is 16.0 Å². The quantitative estimate of drug-likeness (QED) is 0.554. The van der Waals surface area contributed by atoms with Crippen LogP contribution in [0.15, 0.2) is 25.3 Å². The Bertz CT molecular complexity index is 257. The van der Waals surface area contributed by atoms with E-state index in [2.05, 4.69) is 23.8 Å². The van der Waals surface area contributed by atoms with Gasteiger partial charge in [0.2, 0.25) is 0 Å². The van der Waals surface area contributed by atoms with Gasteiger partial charge in [-0.2, -0.15) is 0 Å². The molecule has 0 aromatic heterocycles. The Morgan fingerprint density at radius 1 is 1.23 bits per heavy atom. The summed E-state index contributed by atoms with van der Waals surface area (Å²) in [5.41, 5.74) is -0.902. The van der Waals surface area contributed by atoms with Crippen LogP contribution in [0.5, 0.6) is 0 Å². The van der Waals surface area contributed by atoms with Crippen LogP contribution in [0.4, 0.5) is 9.59 Å². The Morgan fingerprint density at radius 3 is 2.15 bits per heavy atom. The fraction of sp³-hybridized carbons (Fsp3) is 0.250. The molecule has 0 unspecified atom stereocenters. The van der Waals surface area contributed by atoms with Crippen LogP contribution in [-0.2, 0) is 0 Å². The van der Waals surface area contributed by atoms with Crippen molar-refractivity contribution in [2.45, 2.75) is 12.1 Å². The zero-order valence-electron chi connectivity index (χ0n) is 7.09. The fourth-order valence-electron chi connectivity index (χ4n) is 1.12. The lowest BCUT2D eigenvalue weighted by molar-refractivity contribution is 0.197. The molecule has 3 N–H and O–H groups in total. The van der Waals surface area contributed by atoms with Gasteiger partial charge in [0, 0.05) is 6.42 Å². The first-order valence-electron chi connectivity index (χ1n) is 3.78. The minimum Gasteiger partial charge on any atom is -0.311 e. The molecule has 4 amide bonds. The minimum atomic E-state index is -0.902. The number of rotatable bonds is 3. The van der Waals surface area contributed by atoms with E-state index in [1.54, 1.807) is 6.08 Å². The van der Waals surface area contributed by atoms with Crippen LogP contribution in [0, 0.1) is 0 Å². The van der Waals surface area contributed by atoms with E-state index in [1.165, 1.54) is 6.08 Å². The van der Waals surface area contributed by atoms with E-state index in [4.69, 9.17) is 0 Å². The number of hydrogen-bond acceptors (Lipinski definition) is 2. The van der Waals surface area contributed by atoms with Crippen LogP contribution in [-0.4, -0.2) is 17.7 Å². The highest BCUT2D eigenvalue weighted by Crippen LogP contribution is 2.10. The van der Waals surface area contributed by atoms with Crippen molar-refractivity contribution in [1.82, 2.24) is 16.0 Å². The monoisotopic (exact) mass is 181 g/mol. The van der Waals surface area contributed by atoms with Crippen LogP contribution in [0.2, 0.25) is 0 Å². The molecule has 0 aromatic rings. The normalized spacial score (nSPS) is 19.4. The summed E-state index contributed by atoms with van der Waals surface area (Å²) in [6, 6.07) is -1.07. The largest absolute Gasteiger partial charge is 0.324 e. The molecule has 5 nitrogen and oxygen atoms in total. The average molecular weight is 181 g/mol. The summed E-state index contributed by atoms with van der Waals surface area (Å²) in [6.07, 6.45) is 3.45. The molecule has 13 heavy (non-hydrogen) atoms. The Morgan fingerprint density at radius 2 is 1.77 bits per heavy atom. The van der Waals surface area contributed by atoms with Crippen molar-refractivity contribution < 1.29 is 9.59 Å². The van der Waals surface area contributed by atoms with E-state index in [-0.39, 0.29) is 0 Å². The fourth-order valence-corrected chi connectivity index (χ4v) is 1.12. The lowest BCUT2D eigenvalue weighted by atomic mass is 10.1. The number of amides is 4. The van der Waals surface area contributed by atoms with E-state index in [0.717, 1.165) is 0 Å². The highest BCUT2D eigenvalue weighted by atomic mass is 16.2. The van der Waals surface area contributed by atoms with Gasteiger partial charge in [0.15, 0.2) is 0 Å². The second-order valence-corrected chi connectivity index (χ2v) is 2.70. The van der Waals surface area contributed by atoms with Crippen molar-refractivity contribution in [2.24, 2.45) is 0 Å². The van der Waals surface area contributed by atoms with Crippen LogP contribution >= 0.6 is 0 Å². The molecule has 1 aliphatic rings. The third-order valence-electron chi connectivity index (χ3n) is 1.72. The molecule has 0 aliphatic carbocycles. The molecule has 70 valence electrons. The van der Waals surface area contributed by atoms with E-state index < -0.39 is 17.7 Å². The zero-order chi connectivity index (χ0) is 9.90. The smallest absolute Gasteiger partial charge is 0.311 e. The number of urea groups is 2. The summed E-state index contributed by atoms with van der Waals surface area (Å²) in [7, 11) is 0. The summed E-state index contributed by atoms with van der Waals surface area (Å²) < 4.78 is 0. The van der Waals surface area contributed by atoms with Gasteiger partial charge in [-0.1, -0.05) is 12.7 Å². The van der Waals surface area contributed by atoms with Crippen molar-refractivity contribution in [3.63, 3.8) is 0 Å². The first-order chi connectivity index (χ1) is 6.12. The number of imide groups is 1. The molecular weight excluding hydrogens is 170 g/mol. The summed E-state index contributed by atoms with van der Waals surface area (Å²) >= 11 is 0. The third kappa shape index (κ3) is 1.87. The van der Waals surface area contributed by atoms with Crippen molar-refractivity contribution >= 4 is 12.1 Å². The van der Waals surface area contributed by atoms with E-state index >= 15 is 0 Å². The van der Waals surface area contributed by atoms with Gasteiger partial charge in [-0.05, 0) is 6.08 Å². The van der Waals surface area contributed by atoms with Crippen molar-refractivity contribution in [1.29, 1.82) is 0 Å². The van der Waals surface area contributed by atoms with E-state index in [1.807, 2.05) is 5.32 Å². The summed E-state index contributed by atoms with van der Waals surface area (Å²) in [5.74, 6) is 0. The lowest BCUT2D eigenvalue weighted by Gasteiger charge is -2.35. The minimum absolute atomic E-state index is 0.398. The molecule has 1 saturated heterocycles. The SMILES string of the molecule is C=CCC1(C=C)NC(=O)NC(=O)N1. The van der Waals surface area contributed by atoms with E-state index in [9.17, 15) is 9.59 Å².